The summed E-state index contributed by atoms with van der Waals surface area (Å²) in [5.41, 5.74) is 3.62. The summed E-state index contributed by atoms with van der Waals surface area (Å²) in [6.07, 6.45) is 4.42. The average Bonchev–Trinajstić information content (AvgIpc) is 2.32. The number of hydrogen-bond donors (Lipinski definition) is 0. The van der Waals surface area contributed by atoms with Crippen molar-refractivity contribution >= 4 is 17.0 Å². The maximum Gasteiger partial charge on any atom is 0.0709 e. The summed E-state index contributed by atoms with van der Waals surface area (Å²) in [5, 5.41) is 1.25. The summed E-state index contributed by atoms with van der Waals surface area (Å²) in [6.45, 7) is 4.54. The van der Waals surface area contributed by atoms with Crippen LogP contribution in [-0.4, -0.2) is 4.98 Å². The van der Waals surface area contributed by atoms with Crippen LogP contribution in [0.15, 0.2) is 36.4 Å². The number of pyridine rings is 1. The lowest BCUT2D eigenvalue weighted by Crippen LogP contribution is -2.10. The van der Waals surface area contributed by atoms with Crippen LogP contribution >= 0.6 is 0 Å². The van der Waals surface area contributed by atoms with Gasteiger partial charge in [0.15, 0.2) is 0 Å². The Kier molecular flexibility index (Phi) is 2.06. The molecule has 0 bridgehead atoms. The highest BCUT2D eigenvalue weighted by molar-refractivity contribution is 5.81. The second kappa shape index (κ2) is 3.44. The highest BCUT2D eigenvalue weighted by Crippen LogP contribution is 2.34. The van der Waals surface area contributed by atoms with Gasteiger partial charge in [0.1, 0.15) is 0 Å². The first-order valence-electron chi connectivity index (χ1n) is 5.83. The van der Waals surface area contributed by atoms with E-state index in [1.54, 1.807) is 0 Å². The molecule has 1 aromatic carbocycles. The van der Waals surface area contributed by atoms with Crippen LogP contribution in [0.25, 0.3) is 17.0 Å². The molecule has 2 atom stereocenters. The fraction of sp³-hybridized carbons (Fsp3) is 0.267. The first-order chi connectivity index (χ1) is 7.75. The molecule has 80 valence electrons. The molecule has 1 heteroatoms. The molecule has 0 saturated carbocycles. The molecule has 1 aliphatic rings. The highest BCUT2D eigenvalue weighted by atomic mass is 14.7. The van der Waals surface area contributed by atoms with Crippen molar-refractivity contribution < 1.29 is 0 Å². The van der Waals surface area contributed by atoms with Gasteiger partial charge in [0.25, 0.3) is 0 Å². The van der Waals surface area contributed by atoms with Gasteiger partial charge in [-0.1, -0.05) is 38.1 Å². The zero-order chi connectivity index (χ0) is 11.1. The van der Waals surface area contributed by atoms with Crippen molar-refractivity contribution in [2.75, 3.05) is 0 Å². The van der Waals surface area contributed by atoms with Crippen LogP contribution in [0.3, 0.4) is 0 Å². The van der Waals surface area contributed by atoms with Gasteiger partial charge in [-0.2, -0.15) is 0 Å². The summed E-state index contributed by atoms with van der Waals surface area (Å²) in [5.74, 6) is 1.17. The molecule has 0 fully saturated rings. The number of benzene rings is 1. The van der Waals surface area contributed by atoms with E-state index in [1.807, 2.05) is 6.07 Å². The van der Waals surface area contributed by atoms with E-state index >= 15 is 0 Å². The molecule has 0 N–H and O–H groups in total. The van der Waals surface area contributed by atoms with Crippen molar-refractivity contribution in [3.63, 3.8) is 0 Å². The van der Waals surface area contributed by atoms with Crippen LogP contribution < -0.4 is 0 Å². The van der Waals surface area contributed by atoms with Gasteiger partial charge in [-0.15, -0.1) is 0 Å². The van der Waals surface area contributed by atoms with Crippen molar-refractivity contribution in [1.29, 1.82) is 0 Å². The minimum Gasteiger partial charge on any atom is -0.248 e. The van der Waals surface area contributed by atoms with Gasteiger partial charge < -0.3 is 0 Å². The molecule has 1 nitrogen and oxygen atoms in total. The molecule has 0 radical (unpaired) electrons. The smallest absolute Gasteiger partial charge is 0.0709 e. The Morgan fingerprint density at radius 3 is 2.81 bits per heavy atom. The Balaban J connectivity index is 2.29. The third-order valence-electron chi connectivity index (χ3n) is 3.62. The molecule has 1 heterocycles. The fourth-order valence-corrected chi connectivity index (χ4v) is 2.34. The Morgan fingerprint density at radius 1 is 1.12 bits per heavy atom. The van der Waals surface area contributed by atoms with Gasteiger partial charge in [0.05, 0.1) is 11.2 Å². The molecule has 16 heavy (non-hydrogen) atoms. The number of nitrogens with zero attached hydrogens (tertiary/aromatic N) is 1. The number of aromatic nitrogens is 1. The van der Waals surface area contributed by atoms with E-state index in [0.29, 0.717) is 11.8 Å². The standard InChI is InChI=1S/C15H15N/c1-10-7-8-15-13(11(10)2)9-12-5-3-4-6-14(12)16-15/h3-11H,1-2H3. The lowest BCUT2D eigenvalue weighted by Gasteiger charge is -2.23. The number of fused-ring (bicyclic) bond motifs is 2. The van der Waals surface area contributed by atoms with Crippen molar-refractivity contribution in [3.8, 4) is 0 Å². The monoisotopic (exact) mass is 209 g/mol. The van der Waals surface area contributed by atoms with Crippen LogP contribution in [0, 0.1) is 5.92 Å². The van der Waals surface area contributed by atoms with E-state index in [4.69, 9.17) is 4.98 Å². The molecular weight excluding hydrogens is 194 g/mol. The van der Waals surface area contributed by atoms with Crippen LogP contribution in [0.4, 0.5) is 0 Å². The zero-order valence-corrected chi connectivity index (χ0v) is 9.64. The molecule has 3 rings (SSSR count). The van der Waals surface area contributed by atoms with Crippen LogP contribution in [0.2, 0.25) is 0 Å². The van der Waals surface area contributed by atoms with Crippen LogP contribution in [0.5, 0.6) is 0 Å². The van der Waals surface area contributed by atoms with E-state index in [2.05, 4.69) is 50.3 Å². The number of hydrogen-bond acceptors (Lipinski definition) is 1. The fourth-order valence-electron chi connectivity index (χ4n) is 2.34. The van der Waals surface area contributed by atoms with Crippen molar-refractivity contribution in [1.82, 2.24) is 4.98 Å². The van der Waals surface area contributed by atoms with Crippen LogP contribution in [-0.2, 0) is 0 Å². The Hall–Kier alpha value is -1.63. The molecule has 1 aromatic heterocycles. The van der Waals surface area contributed by atoms with E-state index in [0.717, 1.165) is 11.2 Å². The Labute approximate surface area is 95.8 Å². The van der Waals surface area contributed by atoms with Gasteiger partial charge in [-0.25, -0.2) is 4.98 Å². The summed E-state index contributed by atoms with van der Waals surface area (Å²) < 4.78 is 0. The third kappa shape index (κ3) is 1.35. The topological polar surface area (TPSA) is 12.9 Å². The lowest BCUT2D eigenvalue weighted by molar-refractivity contribution is 0.584. The van der Waals surface area contributed by atoms with Crippen molar-refractivity contribution in [3.05, 3.63) is 47.7 Å². The summed E-state index contributed by atoms with van der Waals surface area (Å²) in [6, 6.07) is 10.6. The normalized spacial score (nSPS) is 23.4. The van der Waals surface area contributed by atoms with E-state index in [-0.39, 0.29) is 0 Å². The van der Waals surface area contributed by atoms with Gasteiger partial charge in [0, 0.05) is 5.39 Å². The SMILES string of the molecule is CC1C=Cc2nc3ccccc3cc2C1C. The molecule has 2 aromatic rings. The largest absolute Gasteiger partial charge is 0.248 e. The molecule has 0 saturated heterocycles. The second-order valence-corrected chi connectivity index (χ2v) is 4.66. The van der Waals surface area contributed by atoms with Crippen molar-refractivity contribution in [2.24, 2.45) is 5.92 Å². The lowest BCUT2D eigenvalue weighted by atomic mass is 9.83. The van der Waals surface area contributed by atoms with Gasteiger partial charge in [0.2, 0.25) is 0 Å². The zero-order valence-electron chi connectivity index (χ0n) is 9.64. The minimum absolute atomic E-state index is 0.567. The number of rotatable bonds is 0. The minimum atomic E-state index is 0.567. The maximum absolute atomic E-state index is 4.71. The van der Waals surface area contributed by atoms with E-state index < -0.39 is 0 Å². The molecule has 2 unspecified atom stereocenters. The highest BCUT2D eigenvalue weighted by Gasteiger charge is 2.20. The predicted molar refractivity (Wildman–Crippen MR) is 68.4 cm³/mol. The molecule has 0 amide bonds. The van der Waals surface area contributed by atoms with Crippen LogP contribution in [0.1, 0.15) is 31.0 Å². The Morgan fingerprint density at radius 2 is 1.94 bits per heavy atom. The average molecular weight is 209 g/mol. The maximum atomic E-state index is 4.71. The number of para-hydroxylation sites is 1. The summed E-state index contributed by atoms with van der Waals surface area (Å²) in [4.78, 5) is 4.71. The first kappa shape index (κ1) is 9.59. The number of allylic oxidation sites excluding steroid dienone is 1. The van der Waals surface area contributed by atoms with Gasteiger partial charge >= 0.3 is 0 Å². The quantitative estimate of drug-likeness (QED) is 0.639. The summed E-state index contributed by atoms with van der Waals surface area (Å²) in [7, 11) is 0. The summed E-state index contributed by atoms with van der Waals surface area (Å²) >= 11 is 0. The third-order valence-corrected chi connectivity index (χ3v) is 3.62. The second-order valence-electron chi connectivity index (χ2n) is 4.66. The predicted octanol–water partition coefficient (Wildman–Crippen LogP) is 4.00. The van der Waals surface area contributed by atoms with Gasteiger partial charge in [-0.3, -0.25) is 0 Å². The van der Waals surface area contributed by atoms with Crippen molar-refractivity contribution in [2.45, 2.75) is 19.8 Å². The first-order valence-corrected chi connectivity index (χ1v) is 5.83. The molecule has 1 aliphatic carbocycles. The Bertz CT molecular complexity index is 569. The van der Waals surface area contributed by atoms with E-state index in [9.17, 15) is 0 Å². The van der Waals surface area contributed by atoms with E-state index in [1.165, 1.54) is 10.9 Å². The van der Waals surface area contributed by atoms with Gasteiger partial charge in [-0.05, 0) is 35.6 Å². The molecule has 0 spiro atoms. The molecular formula is C15H15N. The molecule has 0 aliphatic heterocycles.